The van der Waals surface area contributed by atoms with Crippen LogP contribution in [0.3, 0.4) is 0 Å². The lowest BCUT2D eigenvalue weighted by Gasteiger charge is -2.30. The van der Waals surface area contributed by atoms with Crippen molar-refractivity contribution in [2.75, 3.05) is 0 Å². The summed E-state index contributed by atoms with van der Waals surface area (Å²) in [5, 5.41) is 3.86. The predicted octanol–water partition coefficient (Wildman–Crippen LogP) is 0.633. The molecule has 0 heterocycles. The average Bonchev–Trinajstić information content (AvgIpc) is 2.29. The molecule has 0 saturated heterocycles. The molecule has 0 radical (unpaired) electrons. The average molecular weight is 277 g/mol. The second-order valence-electron chi connectivity index (χ2n) is 5.44. The summed E-state index contributed by atoms with van der Waals surface area (Å²) in [6.07, 6.45) is 14.6. The van der Waals surface area contributed by atoms with E-state index in [2.05, 4.69) is 5.32 Å². The third-order valence-corrected chi connectivity index (χ3v) is 3.68. The first-order valence-corrected chi connectivity index (χ1v) is 8.89. The van der Waals surface area contributed by atoms with Gasteiger partial charge in [-0.15, -0.1) is 0 Å². The monoisotopic (exact) mass is 277 g/mol. The van der Waals surface area contributed by atoms with E-state index in [1.807, 2.05) is 0 Å². The van der Waals surface area contributed by atoms with Crippen LogP contribution in [0, 0.1) is 0 Å². The first kappa shape index (κ1) is 16.1. The van der Waals surface area contributed by atoms with E-state index in [9.17, 15) is 0 Å². The molecule has 6 heteroatoms. The maximum Gasteiger partial charge on any atom is 0.668 e. The van der Waals surface area contributed by atoms with Gasteiger partial charge < -0.3 is 24.5 Å². The van der Waals surface area contributed by atoms with Gasteiger partial charge in [0.2, 0.25) is 0 Å². The van der Waals surface area contributed by atoms with Crippen molar-refractivity contribution >= 4 is 9.05 Å². The van der Waals surface area contributed by atoms with Crippen LogP contribution in [-0.2, 0) is 0 Å². The van der Waals surface area contributed by atoms with E-state index in [0.29, 0.717) is 0 Å². The molecule has 0 aromatic rings. The zero-order valence-electron chi connectivity index (χ0n) is 11.0. The largest absolute Gasteiger partial charge is 0.668 e. The van der Waals surface area contributed by atoms with Gasteiger partial charge in [0.25, 0.3) is 0 Å². The van der Waals surface area contributed by atoms with Crippen LogP contribution >= 0.6 is 0 Å². The molecule has 0 aromatic carbocycles. The van der Waals surface area contributed by atoms with Crippen LogP contribution in [0.4, 0.5) is 0 Å². The standard InChI is InChI=1S/C12H23N.H4O4Si/c1-3-7-11(8-4-1)13-12-9-5-2-6-10-12;1-5(2,3)4/h11-13H,1-10H2;1-4H. The van der Waals surface area contributed by atoms with Gasteiger partial charge in [0.15, 0.2) is 0 Å². The molecule has 2 aliphatic rings. The van der Waals surface area contributed by atoms with Crippen LogP contribution < -0.4 is 5.32 Å². The summed E-state index contributed by atoms with van der Waals surface area (Å²) in [5.41, 5.74) is 0. The van der Waals surface area contributed by atoms with E-state index >= 15 is 0 Å². The summed E-state index contributed by atoms with van der Waals surface area (Å²) < 4.78 is 0. The minimum Gasteiger partial charge on any atom is -0.368 e. The van der Waals surface area contributed by atoms with Gasteiger partial charge in [-0.1, -0.05) is 38.5 Å². The van der Waals surface area contributed by atoms with Gasteiger partial charge in [-0.05, 0) is 25.7 Å². The molecule has 0 unspecified atom stereocenters. The smallest absolute Gasteiger partial charge is 0.368 e. The van der Waals surface area contributed by atoms with Gasteiger partial charge in [0.05, 0.1) is 0 Å². The molecule has 0 bridgehead atoms. The minimum atomic E-state index is -4.61. The van der Waals surface area contributed by atoms with Gasteiger partial charge in [-0.2, -0.15) is 0 Å². The Labute approximate surface area is 110 Å². The molecule has 5 nitrogen and oxygen atoms in total. The fraction of sp³-hybridized carbons (Fsp3) is 1.00. The van der Waals surface area contributed by atoms with Crippen LogP contribution in [-0.4, -0.2) is 40.3 Å². The van der Waals surface area contributed by atoms with Crippen molar-refractivity contribution in [2.24, 2.45) is 0 Å². The zero-order valence-corrected chi connectivity index (χ0v) is 12.0. The fourth-order valence-electron chi connectivity index (χ4n) is 2.87. The molecule has 0 spiro atoms. The van der Waals surface area contributed by atoms with Crippen LogP contribution in [0.1, 0.15) is 64.2 Å². The third kappa shape index (κ3) is 9.01. The number of rotatable bonds is 2. The number of hydrogen-bond donors (Lipinski definition) is 5. The first-order chi connectivity index (χ1) is 8.45. The van der Waals surface area contributed by atoms with E-state index in [-0.39, 0.29) is 0 Å². The van der Waals surface area contributed by atoms with Crippen molar-refractivity contribution < 1.29 is 19.2 Å². The zero-order chi connectivity index (χ0) is 13.4. The highest BCUT2D eigenvalue weighted by Gasteiger charge is 2.22. The normalized spacial score (nSPS) is 23.3. The molecule has 2 aliphatic carbocycles. The Hall–Kier alpha value is 0.0169. The fourth-order valence-corrected chi connectivity index (χ4v) is 2.87. The lowest BCUT2D eigenvalue weighted by atomic mass is 9.91. The van der Waals surface area contributed by atoms with Crippen LogP contribution in [0.2, 0.25) is 0 Å². The van der Waals surface area contributed by atoms with E-state index in [1.165, 1.54) is 64.2 Å². The molecular weight excluding hydrogens is 250 g/mol. The van der Waals surface area contributed by atoms with Gasteiger partial charge in [-0.25, -0.2) is 0 Å². The summed E-state index contributed by atoms with van der Waals surface area (Å²) in [4.78, 5) is 29.3. The second kappa shape index (κ2) is 8.24. The van der Waals surface area contributed by atoms with Gasteiger partial charge in [0, 0.05) is 12.1 Å². The van der Waals surface area contributed by atoms with Crippen LogP contribution in [0.25, 0.3) is 0 Å². The molecule has 18 heavy (non-hydrogen) atoms. The summed E-state index contributed by atoms with van der Waals surface area (Å²) in [6, 6.07) is 1.74. The van der Waals surface area contributed by atoms with E-state index in [1.54, 1.807) is 0 Å². The number of nitrogens with one attached hydrogen (secondary N) is 1. The van der Waals surface area contributed by atoms with E-state index < -0.39 is 9.05 Å². The van der Waals surface area contributed by atoms with E-state index in [4.69, 9.17) is 19.2 Å². The van der Waals surface area contributed by atoms with Crippen LogP contribution in [0.5, 0.6) is 0 Å². The maximum atomic E-state index is 7.33. The molecule has 2 fully saturated rings. The van der Waals surface area contributed by atoms with Crippen molar-refractivity contribution in [2.45, 2.75) is 76.3 Å². The number of hydrogen-bond acceptors (Lipinski definition) is 5. The summed E-state index contributed by atoms with van der Waals surface area (Å²) in [7, 11) is -4.61. The molecule has 0 atom stereocenters. The lowest BCUT2D eigenvalue weighted by molar-refractivity contribution is 0.117. The Morgan fingerprint density at radius 3 is 1.17 bits per heavy atom. The second-order valence-corrected chi connectivity index (χ2v) is 6.64. The summed E-state index contributed by atoms with van der Waals surface area (Å²) in [5.74, 6) is 0. The quantitative estimate of drug-likeness (QED) is 0.478. The SMILES string of the molecule is C1CCC(NC2CCCCC2)CC1.O[Si](O)(O)O. The van der Waals surface area contributed by atoms with Crippen molar-refractivity contribution in [1.82, 2.24) is 5.32 Å². The van der Waals surface area contributed by atoms with Gasteiger partial charge in [-0.3, -0.25) is 0 Å². The molecule has 2 saturated carbocycles. The van der Waals surface area contributed by atoms with Gasteiger partial charge >= 0.3 is 9.05 Å². The van der Waals surface area contributed by atoms with E-state index in [0.717, 1.165) is 12.1 Å². The highest BCUT2D eigenvalue weighted by Crippen LogP contribution is 2.22. The molecule has 0 aliphatic heterocycles. The van der Waals surface area contributed by atoms with Crippen molar-refractivity contribution in [3.8, 4) is 0 Å². The first-order valence-electron chi connectivity index (χ1n) is 7.10. The topological polar surface area (TPSA) is 93.0 Å². The van der Waals surface area contributed by atoms with Crippen molar-refractivity contribution in [1.29, 1.82) is 0 Å². The molecule has 108 valence electrons. The van der Waals surface area contributed by atoms with Crippen molar-refractivity contribution in [3.05, 3.63) is 0 Å². The predicted molar refractivity (Wildman–Crippen MR) is 71.5 cm³/mol. The molecule has 5 N–H and O–H groups in total. The Morgan fingerprint density at radius 2 is 0.889 bits per heavy atom. The Morgan fingerprint density at radius 1 is 0.611 bits per heavy atom. The highest BCUT2D eigenvalue weighted by atomic mass is 28.4. The third-order valence-electron chi connectivity index (χ3n) is 3.68. The minimum absolute atomic E-state index is 0.872. The summed E-state index contributed by atoms with van der Waals surface area (Å²) >= 11 is 0. The van der Waals surface area contributed by atoms with Crippen LogP contribution in [0.15, 0.2) is 0 Å². The van der Waals surface area contributed by atoms with Crippen molar-refractivity contribution in [3.63, 3.8) is 0 Å². The van der Waals surface area contributed by atoms with Gasteiger partial charge in [0.1, 0.15) is 0 Å². The Bertz CT molecular complexity index is 189. The molecule has 0 aromatic heterocycles. The summed E-state index contributed by atoms with van der Waals surface area (Å²) in [6.45, 7) is 0. The molecule has 2 rings (SSSR count). The lowest BCUT2D eigenvalue weighted by Crippen LogP contribution is -2.40. The molecular formula is C12H27NO4Si. The molecule has 0 amide bonds. The maximum absolute atomic E-state index is 7.33. The Kier molecular flexibility index (Phi) is 7.36. The Balaban J connectivity index is 0.000000280. The highest BCUT2D eigenvalue weighted by molar-refractivity contribution is 6.46.